The Kier molecular flexibility index (Phi) is 2.44. The molecule has 0 saturated heterocycles. The van der Waals surface area contributed by atoms with Crippen LogP contribution in [0, 0.1) is 16.7 Å². The molecule has 2 heteroatoms. The highest BCUT2D eigenvalue weighted by atomic mass is 16.3. The van der Waals surface area contributed by atoms with Gasteiger partial charge in [0.05, 0.1) is 0 Å². The zero-order valence-electron chi connectivity index (χ0n) is 11.7. The molecule has 0 amide bonds. The number of rotatable bonds is 1. The Morgan fingerprint density at radius 2 is 1.84 bits per heavy atom. The van der Waals surface area contributed by atoms with Crippen LogP contribution in [0.3, 0.4) is 0 Å². The molecule has 19 heavy (non-hydrogen) atoms. The molecule has 0 aliphatic heterocycles. The van der Waals surface area contributed by atoms with E-state index < -0.39 is 0 Å². The van der Waals surface area contributed by atoms with Gasteiger partial charge in [-0.1, -0.05) is 56.9 Å². The number of hydrogen-bond acceptors (Lipinski definition) is 2. The number of fused-ring (bicyclic) bond motifs is 2. The third-order valence-corrected chi connectivity index (χ3v) is 5.60. The number of allylic oxidation sites excluding steroid dienone is 1. The van der Waals surface area contributed by atoms with Gasteiger partial charge in [0.2, 0.25) is 0 Å². The van der Waals surface area contributed by atoms with Gasteiger partial charge >= 0.3 is 0 Å². The third kappa shape index (κ3) is 1.40. The highest BCUT2D eigenvalue weighted by molar-refractivity contribution is 6.09. The molecule has 2 bridgehead atoms. The van der Waals surface area contributed by atoms with Gasteiger partial charge in [-0.25, -0.2) is 0 Å². The fraction of sp³-hybridized carbons (Fsp3) is 0.471. The number of benzene rings is 1. The van der Waals surface area contributed by atoms with Gasteiger partial charge < -0.3 is 5.11 Å². The Morgan fingerprint density at radius 3 is 2.37 bits per heavy atom. The molecule has 3 rings (SSSR count). The Bertz CT molecular complexity index is 568. The SMILES string of the molecule is CC12CCC(/C(=C(/[O-])c3ccccc3)C1=O)C2(C)C. The molecule has 2 fully saturated rings. The van der Waals surface area contributed by atoms with Crippen LogP contribution >= 0.6 is 0 Å². The van der Waals surface area contributed by atoms with E-state index in [0.717, 1.165) is 12.8 Å². The average Bonchev–Trinajstić information content (AvgIpc) is 2.71. The zero-order valence-corrected chi connectivity index (χ0v) is 11.7. The van der Waals surface area contributed by atoms with Crippen molar-refractivity contribution in [1.82, 2.24) is 0 Å². The number of ketones is 1. The summed E-state index contributed by atoms with van der Waals surface area (Å²) < 4.78 is 0. The van der Waals surface area contributed by atoms with Gasteiger partial charge in [-0.3, -0.25) is 4.79 Å². The molecule has 1 aromatic rings. The number of carbonyl (C=O) groups excluding carboxylic acids is 1. The molecule has 2 nitrogen and oxygen atoms in total. The van der Waals surface area contributed by atoms with Crippen molar-refractivity contribution in [2.75, 3.05) is 0 Å². The van der Waals surface area contributed by atoms with Crippen LogP contribution in [-0.2, 0) is 4.79 Å². The summed E-state index contributed by atoms with van der Waals surface area (Å²) in [5.41, 5.74) is 0.740. The topological polar surface area (TPSA) is 40.1 Å². The van der Waals surface area contributed by atoms with Gasteiger partial charge in [0.1, 0.15) is 0 Å². The van der Waals surface area contributed by atoms with Crippen molar-refractivity contribution in [3.8, 4) is 0 Å². The van der Waals surface area contributed by atoms with Gasteiger partial charge in [0, 0.05) is 5.41 Å². The molecule has 2 atom stereocenters. The Labute approximate surface area is 114 Å². The van der Waals surface area contributed by atoms with E-state index in [0.29, 0.717) is 11.1 Å². The molecular formula is C17H19O2-. The molecule has 2 unspecified atom stereocenters. The summed E-state index contributed by atoms with van der Waals surface area (Å²) in [6, 6.07) is 9.17. The largest absolute Gasteiger partial charge is 0.872 e. The first-order valence-corrected chi connectivity index (χ1v) is 6.91. The van der Waals surface area contributed by atoms with Crippen LogP contribution in [0.15, 0.2) is 35.9 Å². The Balaban J connectivity index is 2.16. The molecule has 2 aliphatic rings. The average molecular weight is 255 g/mol. The fourth-order valence-electron chi connectivity index (χ4n) is 3.87. The van der Waals surface area contributed by atoms with Crippen molar-refractivity contribution in [2.24, 2.45) is 16.7 Å². The van der Waals surface area contributed by atoms with Crippen molar-refractivity contribution in [3.05, 3.63) is 41.5 Å². The van der Waals surface area contributed by atoms with E-state index in [1.807, 2.05) is 25.1 Å². The van der Waals surface area contributed by atoms with E-state index in [4.69, 9.17) is 0 Å². The van der Waals surface area contributed by atoms with Gasteiger partial charge in [-0.15, -0.1) is 0 Å². The summed E-state index contributed by atoms with van der Waals surface area (Å²) in [6.45, 7) is 6.29. The fourth-order valence-corrected chi connectivity index (χ4v) is 3.87. The van der Waals surface area contributed by atoms with Crippen LogP contribution in [0.25, 0.3) is 5.76 Å². The molecule has 0 N–H and O–H groups in total. The highest BCUT2D eigenvalue weighted by Gasteiger charge is 2.63. The first-order valence-electron chi connectivity index (χ1n) is 6.91. The minimum absolute atomic E-state index is 0.0629. The molecular weight excluding hydrogens is 236 g/mol. The first-order chi connectivity index (χ1) is 8.89. The standard InChI is InChI=1S/C17H20O2/c1-16(2)12-9-10-17(16,3)15(19)13(12)14(18)11-7-5-4-6-8-11/h4-8,12,18H,9-10H2,1-3H3/p-1/b14-13-. The minimum Gasteiger partial charge on any atom is -0.872 e. The minimum atomic E-state index is -0.350. The van der Waals surface area contributed by atoms with Gasteiger partial charge in [-0.05, 0) is 35.3 Å². The van der Waals surface area contributed by atoms with E-state index >= 15 is 0 Å². The van der Waals surface area contributed by atoms with Crippen LogP contribution in [0.1, 0.15) is 39.2 Å². The van der Waals surface area contributed by atoms with Crippen molar-refractivity contribution in [3.63, 3.8) is 0 Å². The molecule has 1 aromatic carbocycles. The van der Waals surface area contributed by atoms with Gasteiger partial charge in [0.25, 0.3) is 0 Å². The third-order valence-electron chi connectivity index (χ3n) is 5.60. The monoisotopic (exact) mass is 255 g/mol. The lowest BCUT2D eigenvalue weighted by Crippen LogP contribution is -2.32. The van der Waals surface area contributed by atoms with Crippen LogP contribution in [-0.4, -0.2) is 5.78 Å². The number of Topliss-reactive ketones (excluding diaryl/α,β-unsaturated/α-hetero) is 1. The summed E-state index contributed by atoms with van der Waals surface area (Å²) in [7, 11) is 0. The van der Waals surface area contributed by atoms with Crippen molar-refractivity contribution in [1.29, 1.82) is 0 Å². The second kappa shape index (κ2) is 3.72. The van der Waals surface area contributed by atoms with Crippen LogP contribution in [0.4, 0.5) is 0 Å². The summed E-state index contributed by atoms with van der Waals surface area (Å²) in [5.74, 6) is 0.146. The quantitative estimate of drug-likeness (QED) is 0.572. The molecule has 0 radical (unpaired) electrons. The Morgan fingerprint density at radius 1 is 1.21 bits per heavy atom. The first kappa shape index (κ1) is 12.5. The maximum Gasteiger partial charge on any atom is 0.164 e. The maximum atomic E-state index is 12.7. The van der Waals surface area contributed by atoms with E-state index in [1.54, 1.807) is 12.1 Å². The highest BCUT2D eigenvalue weighted by Crippen LogP contribution is 2.66. The van der Waals surface area contributed by atoms with Crippen molar-refractivity contribution >= 4 is 11.5 Å². The lowest BCUT2D eigenvalue weighted by atomic mass is 9.70. The molecule has 0 aromatic heterocycles. The molecule has 0 heterocycles. The predicted octanol–water partition coefficient (Wildman–Crippen LogP) is 2.78. The lowest BCUT2D eigenvalue weighted by Gasteiger charge is -2.31. The summed E-state index contributed by atoms with van der Waals surface area (Å²) in [5, 5.41) is 12.6. The van der Waals surface area contributed by atoms with E-state index in [1.165, 1.54) is 0 Å². The van der Waals surface area contributed by atoms with Crippen molar-refractivity contribution < 1.29 is 9.90 Å². The summed E-state index contributed by atoms with van der Waals surface area (Å²) in [4.78, 5) is 12.7. The number of hydrogen-bond donors (Lipinski definition) is 0. The lowest BCUT2D eigenvalue weighted by molar-refractivity contribution is -0.245. The molecule has 100 valence electrons. The van der Waals surface area contributed by atoms with Crippen molar-refractivity contribution in [2.45, 2.75) is 33.6 Å². The summed E-state index contributed by atoms with van der Waals surface area (Å²) in [6.07, 6.45) is 1.87. The van der Waals surface area contributed by atoms with Gasteiger partial charge in [0.15, 0.2) is 5.78 Å². The zero-order chi connectivity index (χ0) is 13.8. The maximum absolute atomic E-state index is 12.7. The summed E-state index contributed by atoms with van der Waals surface area (Å²) >= 11 is 0. The normalized spacial score (nSPS) is 34.7. The van der Waals surface area contributed by atoms with Gasteiger partial charge in [-0.2, -0.15) is 0 Å². The van der Waals surface area contributed by atoms with E-state index in [2.05, 4.69) is 13.8 Å². The Hall–Kier alpha value is -1.57. The second-order valence-corrected chi connectivity index (χ2v) is 6.58. The number of carbonyl (C=O) groups is 1. The predicted molar refractivity (Wildman–Crippen MR) is 73.0 cm³/mol. The van der Waals surface area contributed by atoms with Crippen LogP contribution in [0.5, 0.6) is 0 Å². The molecule has 0 spiro atoms. The molecule has 2 aliphatic carbocycles. The second-order valence-electron chi connectivity index (χ2n) is 6.58. The van der Waals surface area contributed by atoms with E-state index in [-0.39, 0.29) is 28.3 Å². The van der Waals surface area contributed by atoms with E-state index in [9.17, 15) is 9.90 Å². The molecule has 2 saturated carbocycles. The van der Waals surface area contributed by atoms with Crippen LogP contribution in [0.2, 0.25) is 0 Å². The smallest absolute Gasteiger partial charge is 0.164 e. The van der Waals surface area contributed by atoms with Crippen LogP contribution < -0.4 is 5.11 Å².